The molecule has 1 aliphatic heterocycles. The molecule has 1 heterocycles. The number of halogens is 3. The molecule has 0 amide bonds. The molecular weight excluding hydrogens is 257 g/mol. The molecule has 1 aromatic carbocycles. The van der Waals surface area contributed by atoms with Crippen LogP contribution in [0.15, 0.2) is 24.3 Å². The van der Waals surface area contributed by atoms with Gasteiger partial charge in [0.1, 0.15) is 0 Å². The van der Waals surface area contributed by atoms with E-state index in [1.165, 1.54) is 12.1 Å². The van der Waals surface area contributed by atoms with Crippen molar-refractivity contribution >= 4 is 5.69 Å². The third-order valence-corrected chi connectivity index (χ3v) is 3.15. The van der Waals surface area contributed by atoms with E-state index in [4.69, 9.17) is 0 Å². The van der Waals surface area contributed by atoms with Crippen LogP contribution in [-0.4, -0.2) is 26.0 Å². The summed E-state index contributed by atoms with van der Waals surface area (Å²) in [6, 6.07) is 6.13. The Bertz CT molecular complexity index is 403. The van der Waals surface area contributed by atoms with E-state index in [0.717, 1.165) is 25.9 Å². The number of para-hydroxylation sites is 2. The molecule has 0 atom stereocenters. The molecule has 6 heteroatoms. The van der Waals surface area contributed by atoms with Crippen LogP contribution in [0.1, 0.15) is 12.8 Å². The average Bonchev–Trinajstić information content (AvgIpc) is 2.37. The second-order valence-corrected chi connectivity index (χ2v) is 4.62. The van der Waals surface area contributed by atoms with Crippen LogP contribution in [0, 0.1) is 5.92 Å². The number of benzene rings is 1. The fourth-order valence-electron chi connectivity index (χ4n) is 2.17. The van der Waals surface area contributed by atoms with Crippen molar-refractivity contribution in [2.75, 3.05) is 25.0 Å². The van der Waals surface area contributed by atoms with Gasteiger partial charge in [-0.05, 0) is 44.0 Å². The van der Waals surface area contributed by atoms with Crippen molar-refractivity contribution in [1.82, 2.24) is 5.32 Å². The quantitative estimate of drug-likeness (QED) is 0.885. The number of piperidine rings is 1. The first-order valence-electron chi connectivity index (χ1n) is 6.34. The first-order valence-corrected chi connectivity index (χ1v) is 6.34. The molecule has 2 rings (SSSR count). The average molecular weight is 274 g/mol. The van der Waals surface area contributed by atoms with Gasteiger partial charge in [0.2, 0.25) is 0 Å². The minimum atomic E-state index is -4.66. The van der Waals surface area contributed by atoms with Gasteiger partial charge in [-0.3, -0.25) is 0 Å². The molecule has 1 fully saturated rings. The van der Waals surface area contributed by atoms with E-state index in [1.54, 1.807) is 12.1 Å². The third kappa shape index (κ3) is 4.63. The van der Waals surface area contributed by atoms with Crippen molar-refractivity contribution in [2.45, 2.75) is 19.2 Å². The zero-order valence-corrected chi connectivity index (χ0v) is 10.5. The minimum Gasteiger partial charge on any atom is -0.404 e. The van der Waals surface area contributed by atoms with Gasteiger partial charge in [0.05, 0.1) is 5.69 Å². The van der Waals surface area contributed by atoms with E-state index in [9.17, 15) is 13.2 Å². The maximum Gasteiger partial charge on any atom is 0.573 e. The normalized spacial score (nSPS) is 17.2. The summed E-state index contributed by atoms with van der Waals surface area (Å²) >= 11 is 0. The Morgan fingerprint density at radius 1 is 1.21 bits per heavy atom. The number of ether oxygens (including phenoxy) is 1. The van der Waals surface area contributed by atoms with Crippen LogP contribution in [0.5, 0.6) is 5.75 Å². The van der Waals surface area contributed by atoms with E-state index in [-0.39, 0.29) is 5.75 Å². The van der Waals surface area contributed by atoms with Gasteiger partial charge < -0.3 is 15.4 Å². The van der Waals surface area contributed by atoms with E-state index >= 15 is 0 Å². The van der Waals surface area contributed by atoms with Gasteiger partial charge in [-0.1, -0.05) is 12.1 Å². The highest BCUT2D eigenvalue weighted by Gasteiger charge is 2.32. The first-order chi connectivity index (χ1) is 9.04. The van der Waals surface area contributed by atoms with Crippen LogP contribution in [0.2, 0.25) is 0 Å². The number of rotatable bonds is 4. The summed E-state index contributed by atoms with van der Waals surface area (Å²) in [4.78, 5) is 0. The van der Waals surface area contributed by atoms with Crippen LogP contribution >= 0.6 is 0 Å². The van der Waals surface area contributed by atoms with Crippen molar-refractivity contribution < 1.29 is 17.9 Å². The van der Waals surface area contributed by atoms with Gasteiger partial charge in [-0.25, -0.2) is 0 Å². The Hall–Kier alpha value is -1.43. The van der Waals surface area contributed by atoms with E-state index < -0.39 is 6.36 Å². The largest absolute Gasteiger partial charge is 0.573 e. The molecule has 106 valence electrons. The molecule has 0 aliphatic carbocycles. The van der Waals surface area contributed by atoms with E-state index in [0.29, 0.717) is 18.2 Å². The molecule has 0 bridgehead atoms. The smallest absolute Gasteiger partial charge is 0.404 e. The Morgan fingerprint density at radius 3 is 2.58 bits per heavy atom. The van der Waals surface area contributed by atoms with Gasteiger partial charge in [0.15, 0.2) is 5.75 Å². The minimum absolute atomic E-state index is 0.177. The van der Waals surface area contributed by atoms with Crippen molar-refractivity contribution in [3.8, 4) is 5.75 Å². The molecule has 1 saturated heterocycles. The number of hydrogen-bond donors (Lipinski definition) is 2. The van der Waals surface area contributed by atoms with Gasteiger partial charge in [-0.15, -0.1) is 13.2 Å². The maximum atomic E-state index is 12.3. The first kappa shape index (κ1) is 14.0. The Balaban J connectivity index is 1.95. The molecule has 0 aromatic heterocycles. The summed E-state index contributed by atoms with van der Waals surface area (Å²) in [5, 5.41) is 6.31. The van der Waals surface area contributed by atoms with Gasteiger partial charge >= 0.3 is 6.36 Å². The number of nitrogens with one attached hydrogen (secondary N) is 2. The molecule has 0 radical (unpaired) electrons. The topological polar surface area (TPSA) is 33.3 Å². The summed E-state index contributed by atoms with van der Waals surface area (Å²) in [6.45, 7) is 2.60. The molecular formula is C13H17F3N2O. The van der Waals surface area contributed by atoms with Crippen LogP contribution < -0.4 is 15.4 Å². The third-order valence-electron chi connectivity index (χ3n) is 3.15. The van der Waals surface area contributed by atoms with Crippen molar-refractivity contribution in [2.24, 2.45) is 5.92 Å². The molecule has 0 spiro atoms. The summed E-state index contributed by atoms with van der Waals surface area (Å²) in [5.74, 6) is 0.309. The fourth-order valence-corrected chi connectivity index (χ4v) is 2.17. The summed E-state index contributed by atoms with van der Waals surface area (Å²) in [7, 11) is 0. The maximum absolute atomic E-state index is 12.3. The molecule has 3 nitrogen and oxygen atoms in total. The molecule has 0 saturated carbocycles. The Labute approximate surface area is 110 Å². The monoisotopic (exact) mass is 274 g/mol. The van der Waals surface area contributed by atoms with Gasteiger partial charge in [0.25, 0.3) is 0 Å². The fraction of sp³-hybridized carbons (Fsp3) is 0.538. The highest BCUT2D eigenvalue weighted by Crippen LogP contribution is 2.30. The van der Waals surface area contributed by atoms with Crippen molar-refractivity contribution in [3.63, 3.8) is 0 Å². The molecule has 1 aliphatic rings. The van der Waals surface area contributed by atoms with Crippen LogP contribution in [0.4, 0.5) is 18.9 Å². The Kier molecular flexibility index (Phi) is 4.52. The lowest BCUT2D eigenvalue weighted by molar-refractivity contribution is -0.274. The SMILES string of the molecule is FC(F)(F)Oc1ccccc1NCC1CCNCC1. The van der Waals surface area contributed by atoms with E-state index in [2.05, 4.69) is 15.4 Å². The zero-order valence-electron chi connectivity index (χ0n) is 10.5. The lowest BCUT2D eigenvalue weighted by Crippen LogP contribution is -2.31. The summed E-state index contributed by atoms with van der Waals surface area (Å²) in [6.07, 6.45) is -2.59. The number of hydrogen-bond acceptors (Lipinski definition) is 3. The van der Waals surface area contributed by atoms with E-state index in [1.807, 2.05) is 0 Å². The standard InChI is InChI=1S/C13H17F3N2O/c14-13(15,16)19-12-4-2-1-3-11(12)18-9-10-5-7-17-8-6-10/h1-4,10,17-18H,5-9H2. The lowest BCUT2D eigenvalue weighted by atomic mass is 9.98. The predicted octanol–water partition coefficient (Wildman–Crippen LogP) is 3.00. The van der Waals surface area contributed by atoms with Gasteiger partial charge in [-0.2, -0.15) is 0 Å². The number of anilines is 1. The van der Waals surface area contributed by atoms with Crippen LogP contribution in [-0.2, 0) is 0 Å². The molecule has 2 N–H and O–H groups in total. The highest BCUT2D eigenvalue weighted by atomic mass is 19.4. The van der Waals surface area contributed by atoms with Crippen LogP contribution in [0.25, 0.3) is 0 Å². The summed E-state index contributed by atoms with van der Waals surface area (Å²) < 4.78 is 40.8. The lowest BCUT2D eigenvalue weighted by Gasteiger charge is -2.24. The summed E-state index contributed by atoms with van der Waals surface area (Å²) in [5.41, 5.74) is 0.387. The highest BCUT2D eigenvalue weighted by molar-refractivity contribution is 5.56. The Morgan fingerprint density at radius 2 is 1.89 bits per heavy atom. The molecule has 1 aromatic rings. The van der Waals surface area contributed by atoms with Crippen molar-refractivity contribution in [1.29, 1.82) is 0 Å². The predicted molar refractivity (Wildman–Crippen MR) is 67.2 cm³/mol. The number of alkyl halides is 3. The van der Waals surface area contributed by atoms with Crippen molar-refractivity contribution in [3.05, 3.63) is 24.3 Å². The van der Waals surface area contributed by atoms with Gasteiger partial charge in [0, 0.05) is 6.54 Å². The molecule has 0 unspecified atom stereocenters. The second kappa shape index (κ2) is 6.14. The second-order valence-electron chi connectivity index (χ2n) is 4.62. The zero-order chi connectivity index (χ0) is 13.7. The molecule has 19 heavy (non-hydrogen) atoms. The van der Waals surface area contributed by atoms with Crippen LogP contribution in [0.3, 0.4) is 0 Å².